The molecule has 0 aliphatic carbocycles. The van der Waals surface area contributed by atoms with Gasteiger partial charge in [0, 0.05) is 35.6 Å². The Kier molecular flexibility index (Phi) is 6.92. The Morgan fingerprint density at radius 3 is 2.33 bits per heavy atom. The molecule has 1 heterocycles. The number of hydrogen-bond acceptors (Lipinski definition) is 3. The summed E-state index contributed by atoms with van der Waals surface area (Å²) in [4.78, 5) is 12.2. The van der Waals surface area contributed by atoms with Crippen molar-refractivity contribution in [3.8, 4) is 0 Å². The van der Waals surface area contributed by atoms with E-state index >= 15 is 0 Å². The van der Waals surface area contributed by atoms with Crippen LogP contribution in [-0.4, -0.2) is 44.0 Å². The van der Waals surface area contributed by atoms with Crippen molar-refractivity contribution >= 4 is 39.1 Å². The van der Waals surface area contributed by atoms with Gasteiger partial charge in [-0.2, -0.15) is 0 Å². The van der Waals surface area contributed by atoms with E-state index in [1.54, 1.807) is 13.0 Å². The van der Waals surface area contributed by atoms with Gasteiger partial charge < -0.3 is 5.32 Å². The fourth-order valence-electron chi connectivity index (χ4n) is 2.81. The van der Waals surface area contributed by atoms with Crippen LogP contribution in [0.4, 0.5) is 0 Å². The number of carbonyl (C=O) groups is 1. The van der Waals surface area contributed by atoms with Crippen LogP contribution >= 0.6 is 23.2 Å². The van der Waals surface area contributed by atoms with Crippen molar-refractivity contribution in [2.75, 3.05) is 25.4 Å². The highest BCUT2D eigenvalue weighted by atomic mass is 35.5. The van der Waals surface area contributed by atoms with Crippen LogP contribution in [0.5, 0.6) is 0 Å². The molecule has 1 N–H and O–H groups in total. The van der Waals surface area contributed by atoms with Crippen molar-refractivity contribution in [3.63, 3.8) is 0 Å². The molecule has 8 heteroatoms. The zero-order chi connectivity index (χ0) is 17.7. The lowest BCUT2D eigenvalue weighted by Gasteiger charge is -2.30. The Hall–Kier alpha value is -0.820. The third kappa shape index (κ3) is 5.34. The molecular weight excluding hydrogens is 371 g/mol. The highest BCUT2D eigenvalue weighted by molar-refractivity contribution is 7.89. The van der Waals surface area contributed by atoms with Gasteiger partial charge in [-0.25, -0.2) is 12.7 Å². The molecule has 1 aliphatic heterocycles. The van der Waals surface area contributed by atoms with Crippen molar-refractivity contribution in [1.29, 1.82) is 0 Å². The SMILES string of the molecule is CCS(=O)(=O)N1CCC(C(=O)NCCc2cc(Cl)cc(Cl)c2)CC1. The second kappa shape index (κ2) is 8.52. The van der Waals surface area contributed by atoms with Gasteiger partial charge in [0.2, 0.25) is 15.9 Å². The monoisotopic (exact) mass is 392 g/mol. The van der Waals surface area contributed by atoms with Crippen LogP contribution in [0.25, 0.3) is 0 Å². The zero-order valence-electron chi connectivity index (χ0n) is 13.6. The quantitative estimate of drug-likeness (QED) is 0.808. The second-order valence-electron chi connectivity index (χ2n) is 5.89. The lowest BCUT2D eigenvalue weighted by atomic mass is 9.97. The molecule has 0 bridgehead atoms. The van der Waals surface area contributed by atoms with Crippen LogP contribution in [0.1, 0.15) is 25.3 Å². The molecule has 1 amide bonds. The van der Waals surface area contributed by atoms with Gasteiger partial charge in [-0.05, 0) is 49.9 Å². The minimum atomic E-state index is -3.15. The number of amides is 1. The van der Waals surface area contributed by atoms with Gasteiger partial charge in [-0.1, -0.05) is 23.2 Å². The number of hydrogen-bond donors (Lipinski definition) is 1. The second-order valence-corrected chi connectivity index (χ2v) is 9.02. The molecule has 1 aromatic rings. The summed E-state index contributed by atoms with van der Waals surface area (Å²) >= 11 is 11.9. The molecule has 24 heavy (non-hydrogen) atoms. The van der Waals surface area contributed by atoms with Crippen molar-refractivity contribution in [2.24, 2.45) is 5.92 Å². The van der Waals surface area contributed by atoms with E-state index in [4.69, 9.17) is 23.2 Å². The fraction of sp³-hybridized carbons (Fsp3) is 0.562. The van der Waals surface area contributed by atoms with E-state index in [0.717, 1.165) is 5.56 Å². The number of nitrogens with zero attached hydrogens (tertiary/aromatic N) is 1. The zero-order valence-corrected chi connectivity index (χ0v) is 15.9. The van der Waals surface area contributed by atoms with E-state index in [-0.39, 0.29) is 17.6 Å². The van der Waals surface area contributed by atoms with E-state index in [2.05, 4.69) is 5.32 Å². The van der Waals surface area contributed by atoms with E-state index in [1.807, 2.05) is 12.1 Å². The third-order valence-corrected chi connectivity index (χ3v) is 6.54. The third-order valence-electron chi connectivity index (χ3n) is 4.22. The highest BCUT2D eigenvalue weighted by Crippen LogP contribution is 2.21. The summed E-state index contributed by atoms with van der Waals surface area (Å²) in [5, 5.41) is 4.07. The molecule has 0 saturated carbocycles. The van der Waals surface area contributed by atoms with E-state index in [1.165, 1.54) is 4.31 Å². The molecule has 134 valence electrons. The Morgan fingerprint density at radius 1 is 1.21 bits per heavy atom. The first kappa shape index (κ1) is 19.5. The molecular formula is C16H22Cl2N2O3S. The maximum absolute atomic E-state index is 12.2. The molecule has 1 saturated heterocycles. The Morgan fingerprint density at radius 2 is 1.79 bits per heavy atom. The summed E-state index contributed by atoms with van der Waals surface area (Å²) in [6.07, 6.45) is 1.77. The predicted molar refractivity (Wildman–Crippen MR) is 96.9 cm³/mol. The summed E-state index contributed by atoms with van der Waals surface area (Å²) in [5.41, 5.74) is 0.969. The minimum absolute atomic E-state index is 0.0170. The average molecular weight is 393 g/mol. The first-order valence-electron chi connectivity index (χ1n) is 8.02. The van der Waals surface area contributed by atoms with Crippen molar-refractivity contribution in [2.45, 2.75) is 26.2 Å². The van der Waals surface area contributed by atoms with E-state index in [9.17, 15) is 13.2 Å². The summed E-state index contributed by atoms with van der Waals surface area (Å²) < 4.78 is 25.1. The van der Waals surface area contributed by atoms with Crippen LogP contribution in [-0.2, 0) is 21.2 Å². The number of rotatable bonds is 6. The van der Waals surface area contributed by atoms with E-state index < -0.39 is 10.0 Å². The largest absolute Gasteiger partial charge is 0.356 e. The van der Waals surface area contributed by atoms with Crippen molar-refractivity contribution < 1.29 is 13.2 Å². The maximum Gasteiger partial charge on any atom is 0.223 e. The normalized spacial score (nSPS) is 17.0. The van der Waals surface area contributed by atoms with Gasteiger partial charge in [-0.15, -0.1) is 0 Å². The summed E-state index contributed by atoms with van der Waals surface area (Å²) in [5.74, 6) is -0.0422. The molecule has 0 atom stereocenters. The van der Waals surface area contributed by atoms with Gasteiger partial charge >= 0.3 is 0 Å². The van der Waals surface area contributed by atoms with Gasteiger partial charge in [0.1, 0.15) is 0 Å². The highest BCUT2D eigenvalue weighted by Gasteiger charge is 2.29. The lowest BCUT2D eigenvalue weighted by Crippen LogP contribution is -2.43. The topological polar surface area (TPSA) is 66.5 Å². The van der Waals surface area contributed by atoms with E-state index in [0.29, 0.717) is 48.9 Å². The summed E-state index contributed by atoms with van der Waals surface area (Å²) in [7, 11) is -3.15. The van der Waals surface area contributed by atoms with Gasteiger partial charge in [0.25, 0.3) is 0 Å². The van der Waals surface area contributed by atoms with Crippen LogP contribution in [0, 0.1) is 5.92 Å². The molecule has 0 unspecified atom stereocenters. The first-order valence-corrected chi connectivity index (χ1v) is 10.4. The molecule has 0 aromatic heterocycles. The van der Waals surface area contributed by atoms with Crippen molar-refractivity contribution in [3.05, 3.63) is 33.8 Å². The van der Waals surface area contributed by atoms with Crippen LogP contribution in [0.3, 0.4) is 0 Å². The molecule has 2 rings (SSSR count). The molecule has 0 spiro atoms. The van der Waals surface area contributed by atoms with Gasteiger partial charge in [-0.3, -0.25) is 4.79 Å². The Bertz CT molecular complexity index is 666. The molecule has 1 fully saturated rings. The smallest absolute Gasteiger partial charge is 0.223 e. The molecule has 1 aromatic carbocycles. The number of benzene rings is 1. The maximum atomic E-state index is 12.2. The van der Waals surface area contributed by atoms with Gasteiger partial charge in [0.05, 0.1) is 5.75 Å². The number of halogens is 2. The molecule has 5 nitrogen and oxygen atoms in total. The standard InChI is InChI=1S/C16H22Cl2N2O3S/c1-2-24(22,23)20-7-4-13(5-8-20)16(21)19-6-3-12-9-14(17)11-15(18)10-12/h9-11,13H,2-8H2,1H3,(H,19,21). The number of nitrogens with one attached hydrogen (secondary N) is 1. The fourth-order valence-corrected chi connectivity index (χ4v) is 4.51. The molecule has 1 aliphatic rings. The lowest BCUT2D eigenvalue weighted by molar-refractivity contribution is -0.126. The molecule has 0 radical (unpaired) electrons. The summed E-state index contributed by atoms with van der Waals surface area (Å²) in [6, 6.07) is 5.32. The summed E-state index contributed by atoms with van der Waals surface area (Å²) in [6.45, 7) is 2.97. The van der Waals surface area contributed by atoms with Crippen LogP contribution in [0.2, 0.25) is 10.0 Å². The number of carbonyl (C=O) groups excluding carboxylic acids is 1. The number of sulfonamides is 1. The van der Waals surface area contributed by atoms with Crippen LogP contribution in [0.15, 0.2) is 18.2 Å². The minimum Gasteiger partial charge on any atom is -0.356 e. The average Bonchev–Trinajstić information content (AvgIpc) is 2.54. The van der Waals surface area contributed by atoms with Gasteiger partial charge in [0.15, 0.2) is 0 Å². The Balaban J connectivity index is 1.78. The first-order chi connectivity index (χ1) is 11.3. The number of piperidine rings is 1. The Labute approximate surface area is 153 Å². The van der Waals surface area contributed by atoms with Crippen molar-refractivity contribution in [1.82, 2.24) is 9.62 Å². The predicted octanol–water partition coefficient (Wildman–Crippen LogP) is 2.71. The van der Waals surface area contributed by atoms with Crippen LogP contribution < -0.4 is 5.32 Å².